The molecule has 23 heavy (non-hydrogen) atoms. The van der Waals surface area contributed by atoms with Gasteiger partial charge in [-0.2, -0.15) is 0 Å². The maximum atomic E-state index is 12.8. The van der Waals surface area contributed by atoms with Crippen molar-refractivity contribution in [1.82, 2.24) is 4.90 Å². The summed E-state index contributed by atoms with van der Waals surface area (Å²) in [7, 11) is 0. The fourth-order valence-electron chi connectivity index (χ4n) is 2.90. The Balaban J connectivity index is 1.67. The van der Waals surface area contributed by atoms with Crippen LogP contribution in [-0.4, -0.2) is 23.1 Å². The van der Waals surface area contributed by atoms with Crippen LogP contribution in [0.15, 0.2) is 47.1 Å². The smallest absolute Gasteiger partial charge is 0.255 e. The lowest BCUT2D eigenvalue weighted by Crippen LogP contribution is -2.30. The first-order valence-corrected chi connectivity index (χ1v) is 9.39. The molecule has 0 bridgehead atoms. The van der Waals surface area contributed by atoms with Crippen molar-refractivity contribution in [2.24, 2.45) is 0 Å². The van der Waals surface area contributed by atoms with Crippen molar-refractivity contribution in [3.05, 3.63) is 59.5 Å². The highest BCUT2D eigenvalue weighted by Crippen LogP contribution is 2.38. The second-order valence-corrected chi connectivity index (χ2v) is 7.08. The predicted molar refractivity (Wildman–Crippen MR) is 94.6 cm³/mol. The number of hydrogen-bond donors (Lipinski definition) is 0. The van der Waals surface area contributed by atoms with Crippen molar-refractivity contribution < 1.29 is 9.21 Å². The molecule has 1 aliphatic rings. The summed E-state index contributed by atoms with van der Waals surface area (Å²) < 4.78 is 5.49. The number of hydrogen-bond acceptors (Lipinski definition) is 3. The van der Waals surface area contributed by atoms with Crippen LogP contribution in [0.5, 0.6) is 0 Å². The number of carbonyl (C=O) groups excluding carboxylic acids is 1. The minimum Gasteiger partial charge on any atom is -0.466 e. The Morgan fingerprint density at radius 2 is 2.09 bits per heavy atom. The third-order valence-electron chi connectivity index (χ3n) is 4.21. The zero-order valence-corrected chi connectivity index (χ0v) is 14.3. The van der Waals surface area contributed by atoms with Gasteiger partial charge in [0.2, 0.25) is 0 Å². The molecule has 2 heterocycles. The lowest BCUT2D eigenvalue weighted by molar-refractivity contribution is 0.0749. The number of nitrogens with zero attached hydrogens (tertiary/aromatic N) is 1. The van der Waals surface area contributed by atoms with Gasteiger partial charge in [0.05, 0.1) is 6.26 Å². The molecule has 1 amide bonds. The van der Waals surface area contributed by atoms with Crippen molar-refractivity contribution in [2.75, 3.05) is 12.3 Å². The Labute approximate surface area is 142 Å². The molecule has 1 aliphatic heterocycles. The summed E-state index contributed by atoms with van der Waals surface area (Å²) in [6.07, 6.45) is 6.47. The zero-order chi connectivity index (χ0) is 16.1. The van der Waals surface area contributed by atoms with Gasteiger partial charge in [0.15, 0.2) is 0 Å². The van der Waals surface area contributed by atoms with Crippen LogP contribution >= 0.6 is 11.8 Å². The molecule has 4 heteroatoms. The maximum absolute atomic E-state index is 12.8. The van der Waals surface area contributed by atoms with Gasteiger partial charge >= 0.3 is 0 Å². The van der Waals surface area contributed by atoms with Crippen molar-refractivity contribution in [1.29, 1.82) is 0 Å². The van der Waals surface area contributed by atoms with Crippen molar-refractivity contribution in [2.45, 2.75) is 38.0 Å². The molecule has 1 aromatic heterocycles. The van der Waals surface area contributed by atoms with Crippen LogP contribution in [0.25, 0.3) is 0 Å². The van der Waals surface area contributed by atoms with Crippen LogP contribution in [0.4, 0.5) is 0 Å². The van der Waals surface area contributed by atoms with Crippen LogP contribution in [0.3, 0.4) is 0 Å². The van der Waals surface area contributed by atoms with Crippen LogP contribution in [-0.2, 0) is 6.42 Å². The van der Waals surface area contributed by atoms with Crippen LogP contribution in [0.2, 0.25) is 0 Å². The summed E-state index contributed by atoms with van der Waals surface area (Å²) in [5.41, 5.74) is 2.08. The number of carbonyl (C=O) groups is 1. The fraction of sp³-hybridized carbons (Fsp3) is 0.421. The predicted octanol–water partition coefficient (Wildman–Crippen LogP) is 4.90. The molecule has 2 aromatic rings. The van der Waals surface area contributed by atoms with E-state index in [1.165, 1.54) is 24.8 Å². The largest absolute Gasteiger partial charge is 0.466 e. The van der Waals surface area contributed by atoms with E-state index in [4.69, 9.17) is 4.42 Å². The lowest BCUT2D eigenvalue weighted by atomic mass is 10.0. The van der Waals surface area contributed by atoms with Gasteiger partial charge in [0.1, 0.15) is 11.1 Å². The highest BCUT2D eigenvalue weighted by atomic mass is 32.2. The van der Waals surface area contributed by atoms with E-state index in [0.717, 1.165) is 30.0 Å². The van der Waals surface area contributed by atoms with Gasteiger partial charge in [0.25, 0.3) is 5.91 Å². The Kier molecular flexibility index (Phi) is 5.44. The van der Waals surface area contributed by atoms with E-state index in [1.54, 1.807) is 18.0 Å². The molecule has 1 saturated heterocycles. The summed E-state index contributed by atoms with van der Waals surface area (Å²) >= 11 is 1.76. The Hall–Kier alpha value is -1.68. The van der Waals surface area contributed by atoms with Gasteiger partial charge in [0, 0.05) is 17.9 Å². The van der Waals surface area contributed by atoms with E-state index in [0.29, 0.717) is 0 Å². The number of aryl methyl sites for hydroxylation is 1. The molecule has 0 aliphatic carbocycles. The van der Waals surface area contributed by atoms with Gasteiger partial charge < -0.3 is 9.32 Å². The molecule has 0 spiro atoms. The molecule has 1 aromatic carbocycles. The number of amides is 1. The van der Waals surface area contributed by atoms with E-state index >= 15 is 0 Å². The summed E-state index contributed by atoms with van der Waals surface area (Å²) in [5.74, 6) is 1.90. The van der Waals surface area contributed by atoms with E-state index in [1.807, 2.05) is 29.2 Å². The summed E-state index contributed by atoms with van der Waals surface area (Å²) in [6.45, 7) is 2.98. The van der Waals surface area contributed by atoms with Gasteiger partial charge in [-0.1, -0.05) is 31.9 Å². The minimum atomic E-state index is 0.00160. The van der Waals surface area contributed by atoms with Gasteiger partial charge in [-0.3, -0.25) is 4.79 Å². The number of benzene rings is 1. The quantitative estimate of drug-likeness (QED) is 0.707. The second-order valence-electron chi connectivity index (χ2n) is 5.89. The highest BCUT2D eigenvalue weighted by molar-refractivity contribution is 7.99. The molecule has 0 saturated carbocycles. The van der Waals surface area contributed by atoms with Crippen LogP contribution < -0.4 is 0 Å². The van der Waals surface area contributed by atoms with Gasteiger partial charge in [-0.15, -0.1) is 11.8 Å². The van der Waals surface area contributed by atoms with Crippen molar-refractivity contribution >= 4 is 17.7 Å². The molecular weight excluding hydrogens is 306 g/mol. The van der Waals surface area contributed by atoms with Crippen molar-refractivity contribution in [3.8, 4) is 0 Å². The number of rotatable bonds is 6. The molecule has 1 atom stereocenters. The molecule has 0 N–H and O–H groups in total. The monoisotopic (exact) mass is 329 g/mol. The highest BCUT2D eigenvalue weighted by Gasteiger charge is 2.32. The minimum absolute atomic E-state index is 0.00160. The Morgan fingerprint density at radius 3 is 2.78 bits per heavy atom. The van der Waals surface area contributed by atoms with E-state index < -0.39 is 0 Å². The summed E-state index contributed by atoms with van der Waals surface area (Å²) in [6, 6.07) is 11.9. The molecule has 1 unspecified atom stereocenters. The first-order chi connectivity index (χ1) is 11.3. The number of furan rings is 1. The molecule has 1 fully saturated rings. The van der Waals surface area contributed by atoms with Crippen molar-refractivity contribution in [3.63, 3.8) is 0 Å². The average Bonchev–Trinajstić information content (AvgIpc) is 3.26. The number of unbranched alkanes of at least 4 members (excludes halogenated alkanes) is 2. The Bertz CT molecular complexity index is 621. The molecule has 0 radical (unpaired) electrons. The summed E-state index contributed by atoms with van der Waals surface area (Å²) in [5, 5.41) is 0.00160. The number of thioether (sulfide) groups is 1. The zero-order valence-electron chi connectivity index (χ0n) is 13.5. The lowest BCUT2D eigenvalue weighted by Gasteiger charge is -2.22. The topological polar surface area (TPSA) is 33.5 Å². The standard InChI is InChI=1S/C19H23NO2S/c1-2-3-4-6-15-8-10-16(11-9-15)18(21)20-12-14-23-19(20)17-7-5-13-22-17/h5,7-11,13,19H,2-4,6,12,14H2,1H3. The Morgan fingerprint density at radius 1 is 1.26 bits per heavy atom. The summed E-state index contributed by atoms with van der Waals surface area (Å²) in [4.78, 5) is 14.7. The van der Waals surface area contributed by atoms with Crippen LogP contribution in [0, 0.1) is 0 Å². The molecule has 3 nitrogen and oxygen atoms in total. The van der Waals surface area contributed by atoms with E-state index in [9.17, 15) is 4.79 Å². The average molecular weight is 329 g/mol. The van der Waals surface area contributed by atoms with E-state index in [2.05, 4.69) is 19.1 Å². The third kappa shape index (κ3) is 3.81. The normalized spacial score (nSPS) is 17.6. The fourth-order valence-corrected chi connectivity index (χ4v) is 4.11. The second kappa shape index (κ2) is 7.73. The van der Waals surface area contributed by atoms with Gasteiger partial charge in [-0.05, 0) is 42.7 Å². The maximum Gasteiger partial charge on any atom is 0.255 e. The molecule has 3 rings (SSSR count). The van der Waals surface area contributed by atoms with E-state index in [-0.39, 0.29) is 11.3 Å². The molecular formula is C19H23NO2S. The van der Waals surface area contributed by atoms with Crippen LogP contribution in [0.1, 0.15) is 53.2 Å². The first-order valence-electron chi connectivity index (χ1n) is 8.34. The molecule has 122 valence electrons. The third-order valence-corrected chi connectivity index (χ3v) is 5.43. The first kappa shape index (κ1) is 16.2. The van der Waals surface area contributed by atoms with Gasteiger partial charge in [-0.25, -0.2) is 0 Å². The SMILES string of the molecule is CCCCCc1ccc(C(=O)N2CCSC2c2ccco2)cc1.